The van der Waals surface area contributed by atoms with Crippen LogP contribution in [0, 0.1) is 37.8 Å². The van der Waals surface area contributed by atoms with Crippen molar-refractivity contribution < 1.29 is 47.8 Å². The zero-order valence-electron chi connectivity index (χ0n) is 71.5. The first-order chi connectivity index (χ1) is 62.2. The number of rotatable bonds is 21. The van der Waals surface area contributed by atoms with E-state index >= 15 is 0 Å². The van der Waals surface area contributed by atoms with Gasteiger partial charge >= 0.3 is 5.97 Å². The number of esters is 1. The number of benzene rings is 6. The fraction of sp³-hybridized carbons (Fsp3) is 0.333. The molecule has 4 N–H and O–H groups in total. The number of hydrogen-bond acceptors (Lipinski definition) is 31. The van der Waals surface area contributed by atoms with Gasteiger partial charge in [-0.3, -0.25) is 83.9 Å². The minimum absolute atomic E-state index is 0.0183. The minimum atomic E-state index is -0.560. The molecule has 6 aromatic carbocycles. The predicted molar refractivity (Wildman–Crippen MR) is 508 cm³/mol. The van der Waals surface area contributed by atoms with Crippen LogP contribution in [0.15, 0.2) is 210 Å². The Morgan fingerprint density at radius 3 is 1.17 bits per heavy atom. The SMILES string of the molecule is CCOC(=O)CBr.Cc1cnc(CN2C(=O)C(c3ccc(N)cc3)SC2=Nc2ccc(N3CCOCC3)cc2)cn1.Cc1cnc(CN2C(=O)C(c3ccc([N+](=O)[O-])cc3)SC2=Nc2ccc(N3CCOCC3)cc2)cn1.Cc1cnc(CN2C(=O)CSC2=Nc2ccc(N3CCOCC3)cc2)cn1.Cc1cnc(CNC(=S)Nc2ccc(N3CCOCC3)cc2)cn1. The molecule has 7 aliphatic heterocycles. The van der Waals surface area contributed by atoms with Gasteiger partial charge in [-0.1, -0.05) is 75.5 Å². The number of nitrogen functional groups attached to an aromatic ring is 1. The van der Waals surface area contributed by atoms with Crippen molar-refractivity contribution in [2.24, 2.45) is 15.0 Å². The average Bonchev–Trinajstić information content (AvgIpc) is 1.65. The van der Waals surface area contributed by atoms with Crippen molar-refractivity contribution in [2.45, 2.75) is 71.3 Å². The van der Waals surface area contributed by atoms with Crippen molar-refractivity contribution >= 4 is 165 Å². The second-order valence-corrected chi connectivity index (χ2v) is 33.7. The van der Waals surface area contributed by atoms with Gasteiger partial charge in [0.2, 0.25) is 17.7 Å². The third-order valence-electron chi connectivity index (χ3n) is 20.4. The summed E-state index contributed by atoms with van der Waals surface area (Å²) in [6, 6.07) is 45.9. The number of amidine groups is 3. The molecule has 17 rings (SSSR count). The second-order valence-electron chi connectivity index (χ2n) is 29.6. The summed E-state index contributed by atoms with van der Waals surface area (Å²) in [7, 11) is 0. The van der Waals surface area contributed by atoms with Gasteiger partial charge < -0.3 is 59.7 Å². The molecule has 4 aromatic heterocycles. The first-order valence-electron chi connectivity index (χ1n) is 41.6. The van der Waals surface area contributed by atoms with E-state index < -0.39 is 10.2 Å². The molecule has 7 aliphatic rings. The molecule has 11 heterocycles. The number of nitrogens with two attached hydrogens (primary N) is 1. The van der Waals surface area contributed by atoms with Crippen LogP contribution < -0.4 is 36.0 Å². The molecule has 3 amide bonds. The van der Waals surface area contributed by atoms with Gasteiger partial charge in [-0.05, 0) is 167 Å². The van der Waals surface area contributed by atoms with Gasteiger partial charge in [-0.2, -0.15) is 0 Å². The standard InChI is InChI=1S/C25H24N6O4S.C25H26N6O2S.C19H21N5O2S.C17H21N5OS.C4H7BrO2/c1-17-14-27-20(15-26-17)16-30-24(32)23(18-2-6-22(7-3-18)31(33)34)36-25(30)28-19-4-8-21(9-5-19)29-10-12-35-13-11-29;1-17-14-28-21(15-27-17)16-31-24(32)23(18-2-4-19(26)5-3-18)34-25(31)29-20-6-8-22(9-7-20)30-10-12-33-13-11-30;1-14-10-21-16(11-20-14)12-24-18(25)13-27-19(24)22-15-2-4-17(5-3-15)23-6-8-26-9-7-23;1-13-10-19-15(11-18-13)12-20-17(24)21-14-2-4-16(5-3-14)22-6-8-23-9-7-22;1-2-7-4(6)3-5/h2-9,14-15,23H,10-13,16H2,1H3;2-9,14-15,23H,10-13,16,26H2,1H3;2-5,10-11H,6-9,12-13H2,1H3;2-5,10-11H,6-9,12H2,1H3,(H2,20,21,24);2-3H2,1H3. The number of thiocarbonyl (C=S) groups is 1. The van der Waals surface area contributed by atoms with E-state index in [9.17, 15) is 29.3 Å². The quantitative estimate of drug-likeness (QED) is 0.0150. The number of morpholine rings is 4. The maximum atomic E-state index is 13.5. The molecule has 0 aliphatic carbocycles. The van der Waals surface area contributed by atoms with E-state index in [0.717, 1.165) is 166 Å². The highest BCUT2D eigenvalue weighted by Crippen LogP contribution is 2.44. The topological polar surface area (TPSA) is 371 Å². The maximum absolute atomic E-state index is 13.5. The minimum Gasteiger partial charge on any atom is -0.465 e. The van der Waals surface area contributed by atoms with Crippen molar-refractivity contribution in [1.29, 1.82) is 0 Å². The summed E-state index contributed by atoms with van der Waals surface area (Å²) >= 11 is 12.5. The predicted octanol–water partition coefficient (Wildman–Crippen LogP) is 13.2. The number of nitrogens with zero attached hydrogens (tertiary/aromatic N) is 19. The summed E-state index contributed by atoms with van der Waals surface area (Å²) in [6.07, 6.45) is 13.7. The molecule has 7 saturated heterocycles. The van der Waals surface area contributed by atoms with Crippen molar-refractivity contribution in [1.82, 2.24) is 59.9 Å². The van der Waals surface area contributed by atoms with E-state index in [0.29, 0.717) is 93.8 Å². The van der Waals surface area contributed by atoms with Gasteiger partial charge in [0.1, 0.15) is 15.8 Å². The number of nitrogens with one attached hydrogen (secondary N) is 2. The second kappa shape index (κ2) is 47.2. The number of carbonyl (C=O) groups excluding carboxylic acids is 4. The number of amides is 3. The molecular weight excluding hydrogens is 1770 g/mol. The number of aromatic nitrogens is 8. The van der Waals surface area contributed by atoms with Crippen molar-refractivity contribution in [3.63, 3.8) is 0 Å². The van der Waals surface area contributed by atoms with Crippen LogP contribution in [0.4, 0.5) is 56.9 Å². The first-order valence-corrected chi connectivity index (χ1v) is 45.8. The van der Waals surface area contributed by atoms with Crippen LogP contribution in [0.2, 0.25) is 0 Å². The Bertz CT molecular complexity index is 5440. The largest absolute Gasteiger partial charge is 0.465 e. The summed E-state index contributed by atoms with van der Waals surface area (Å²) < 4.78 is 26.2. The van der Waals surface area contributed by atoms with E-state index in [1.165, 1.54) is 58.8 Å². The molecular formula is C90H99BrN22O11S4. The van der Waals surface area contributed by atoms with Gasteiger partial charge in [0.05, 0.1) is 184 Å². The number of alkyl halides is 1. The molecule has 10 aromatic rings. The van der Waals surface area contributed by atoms with Crippen LogP contribution >= 0.6 is 63.4 Å². The number of anilines is 6. The highest BCUT2D eigenvalue weighted by atomic mass is 79.9. The maximum Gasteiger partial charge on any atom is 0.316 e. The fourth-order valence-corrected chi connectivity index (χ4v) is 17.1. The lowest BCUT2D eigenvalue weighted by Gasteiger charge is -2.29. The number of nitro benzene ring substituents is 1. The third-order valence-corrected chi connectivity index (χ3v) is 24.5. The number of carbonyl (C=O) groups is 4. The molecule has 0 saturated carbocycles. The Kier molecular flexibility index (Phi) is 34.5. The van der Waals surface area contributed by atoms with E-state index in [-0.39, 0.29) is 41.2 Å². The molecule has 0 spiro atoms. The van der Waals surface area contributed by atoms with Gasteiger partial charge in [-0.25, -0.2) is 15.0 Å². The van der Waals surface area contributed by atoms with Crippen LogP contribution in [0.5, 0.6) is 0 Å². The molecule has 0 radical (unpaired) electrons. The molecule has 2 atom stereocenters. The number of thioether (sulfide) groups is 3. The van der Waals surface area contributed by atoms with Gasteiger partial charge in [-0.15, -0.1) is 0 Å². The van der Waals surface area contributed by atoms with Gasteiger partial charge in [0, 0.05) is 123 Å². The molecule has 38 heteroatoms. The summed E-state index contributed by atoms with van der Waals surface area (Å²) in [5, 5.41) is 19.2. The summed E-state index contributed by atoms with van der Waals surface area (Å²) in [5.41, 5.74) is 22.4. The Morgan fingerprint density at radius 1 is 0.492 bits per heavy atom. The lowest BCUT2D eigenvalue weighted by atomic mass is 10.1. The van der Waals surface area contributed by atoms with Crippen LogP contribution in [-0.2, 0) is 69.0 Å². The van der Waals surface area contributed by atoms with Crippen molar-refractivity contribution in [2.75, 3.05) is 154 Å². The highest BCUT2D eigenvalue weighted by molar-refractivity contribution is 9.09. The lowest BCUT2D eigenvalue weighted by Crippen LogP contribution is -2.36. The average molecular weight is 1870 g/mol. The van der Waals surface area contributed by atoms with Gasteiger partial charge in [0.15, 0.2) is 20.6 Å². The fourth-order valence-electron chi connectivity index (χ4n) is 13.5. The highest BCUT2D eigenvalue weighted by Gasteiger charge is 2.41. The van der Waals surface area contributed by atoms with E-state index in [1.54, 1.807) is 83.3 Å². The molecule has 2 unspecified atom stereocenters. The smallest absolute Gasteiger partial charge is 0.316 e. The van der Waals surface area contributed by atoms with E-state index in [1.807, 2.05) is 113 Å². The number of nitro groups is 1. The Hall–Kier alpha value is -12.0. The van der Waals surface area contributed by atoms with Crippen LogP contribution in [0.25, 0.3) is 0 Å². The number of aryl methyl sites for hydroxylation is 4. The number of halogens is 1. The molecule has 666 valence electrons. The number of aliphatic imine (C=N–C) groups is 3. The van der Waals surface area contributed by atoms with Crippen molar-refractivity contribution in [3.05, 3.63) is 262 Å². The summed E-state index contributed by atoms with van der Waals surface area (Å²) in [6.45, 7) is 24.4. The number of non-ortho nitro benzene ring substituents is 1. The molecule has 128 heavy (non-hydrogen) atoms. The van der Waals surface area contributed by atoms with Crippen LogP contribution in [0.1, 0.15) is 74.1 Å². The van der Waals surface area contributed by atoms with E-state index in [2.05, 4.69) is 132 Å². The monoisotopic (exact) mass is 1870 g/mol. The van der Waals surface area contributed by atoms with Crippen LogP contribution in [-0.4, -0.2) is 227 Å². The summed E-state index contributed by atoms with van der Waals surface area (Å²) in [5.74, 6) is 0.0681. The molecule has 0 bridgehead atoms. The number of ether oxygens (including phenoxy) is 5. The van der Waals surface area contributed by atoms with Crippen molar-refractivity contribution in [3.8, 4) is 0 Å². The zero-order valence-corrected chi connectivity index (χ0v) is 76.3. The first kappa shape index (κ1) is 93.6. The third kappa shape index (κ3) is 27.3. The van der Waals surface area contributed by atoms with E-state index in [4.69, 9.17) is 46.9 Å². The molecule has 33 nitrogen and oxygen atoms in total. The Labute approximate surface area is 768 Å². The molecule has 7 fully saturated rings. The van der Waals surface area contributed by atoms with Crippen LogP contribution in [0.3, 0.4) is 0 Å². The lowest BCUT2D eigenvalue weighted by molar-refractivity contribution is -0.384. The Morgan fingerprint density at radius 2 is 0.836 bits per heavy atom. The normalized spacial score (nSPS) is 17.8. The van der Waals surface area contributed by atoms with Gasteiger partial charge in [0.25, 0.3) is 5.69 Å². The number of hydrogen-bond donors (Lipinski definition) is 3. The Balaban J connectivity index is 0.000000144. The zero-order chi connectivity index (χ0) is 89.7. The summed E-state index contributed by atoms with van der Waals surface area (Å²) in [4.78, 5) is 123.